The van der Waals surface area contributed by atoms with Crippen molar-refractivity contribution in [2.24, 2.45) is 0 Å². The van der Waals surface area contributed by atoms with E-state index in [4.69, 9.17) is 11.0 Å². The van der Waals surface area contributed by atoms with Crippen molar-refractivity contribution in [1.29, 1.82) is 5.26 Å². The predicted octanol–water partition coefficient (Wildman–Crippen LogP) is 1.54. The molecule has 0 aliphatic carbocycles. The average molecular weight is 225 g/mol. The van der Waals surface area contributed by atoms with Crippen molar-refractivity contribution in [3.63, 3.8) is 0 Å². The normalized spacial score (nSPS) is 9.59. The molecule has 0 unspecified atom stereocenters. The number of rotatable bonds is 3. The fourth-order valence-electron chi connectivity index (χ4n) is 1.39. The largest absolute Gasteiger partial charge is 0.398 e. The van der Waals surface area contributed by atoms with E-state index in [2.05, 4.69) is 15.5 Å². The van der Waals surface area contributed by atoms with Crippen LogP contribution in [0.25, 0.3) is 0 Å². The molecule has 2 rings (SSSR count). The van der Waals surface area contributed by atoms with Crippen LogP contribution < -0.4 is 11.1 Å². The van der Waals surface area contributed by atoms with Crippen molar-refractivity contribution in [2.75, 3.05) is 11.1 Å². The van der Waals surface area contributed by atoms with Crippen LogP contribution in [0.4, 0.5) is 11.4 Å². The summed E-state index contributed by atoms with van der Waals surface area (Å²) in [6.07, 6.45) is 1.63. The summed E-state index contributed by atoms with van der Waals surface area (Å²) in [5.74, 6) is 0. The molecule has 5 nitrogen and oxygen atoms in total. The lowest BCUT2D eigenvalue weighted by atomic mass is 10.2. The van der Waals surface area contributed by atoms with Gasteiger partial charge in [0.2, 0.25) is 0 Å². The third kappa shape index (κ3) is 2.69. The van der Waals surface area contributed by atoms with Gasteiger partial charge >= 0.3 is 0 Å². The standard InChI is InChI=1S/C12H11N5/c13-7-9-3-4-10(6-12(9)14)15-8-11-2-1-5-16-17-11/h1-6,15H,8,14H2. The van der Waals surface area contributed by atoms with E-state index >= 15 is 0 Å². The Kier molecular flexibility index (Phi) is 3.17. The first kappa shape index (κ1) is 10.9. The van der Waals surface area contributed by atoms with Crippen LogP contribution in [0.3, 0.4) is 0 Å². The monoisotopic (exact) mass is 225 g/mol. The molecule has 17 heavy (non-hydrogen) atoms. The summed E-state index contributed by atoms with van der Waals surface area (Å²) in [6.45, 7) is 0.569. The molecule has 0 spiro atoms. The van der Waals surface area contributed by atoms with Crippen LogP contribution in [0.2, 0.25) is 0 Å². The molecule has 0 radical (unpaired) electrons. The highest BCUT2D eigenvalue weighted by Gasteiger charge is 2.00. The molecule has 0 saturated carbocycles. The van der Waals surface area contributed by atoms with E-state index in [9.17, 15) is 0 Å². The van der Waals surface area contributed by atoms with Crippen molar-refractivity contribution in [3.05, 3.63) is 47.8 Å². The summed E-state index contributed by atoms with van der Waals surface area (Å²) in [6, 6.07) is 11.0. The summed E-state index contributed by atoms with van der Waals surface area (Å²) < 4.78 is 0. The number of aromatic nitrogens is 2. The van der Waals surface area contributed by atoms with Gasteiger partial charge in [0.05, 0.1) is 23.5 Å². The van der Waals surface area contributed by atoms with E-state index in [0.29, 0.717) is 17.8 Å². The summed E-state index contributed by atoms with van der Waals surface area (Å²) in [7, 11) is 0. The van der Waals surface area contributed by atoms with Gasteiger partial charge in [0, 0.05) is 11.9 Å². The highest BCUT2D eigenvalue weighted by atomic mass is 15.1. The zero-order chi connectivity index (χ0) is 12.1. The van der Waals surface area contributed by atoms with Gasteiger partial charge in [-0.3, -0.25) is 0 Å². The Hall–Kier alpha value is -2.61. The lowest BCUT2D eigenvalue weighted by molar-refractivity contribution is 0.925. The molecule has 0 bridgehead atoms. The Morgan fingerprint density at radius 3 is 2.88 bits per heavy atom. The molecular formula is C12H11N5. The summed E-state index contributed by atoms with van der Waals surface area (Å²) in [4.78, 5) is 0. The Bertz CT molecular complexity index is 545. The molecule has 5 heteroatoms. The Balaban J connectivity index is 2.06. The number of nitrogens with two attached hydrogens (primary N) is 1. The van der Waals surface area contributed by atoms with E-state index < -0.39 is 0 Å². The number of nitrogens with zero attached hydrogens (tertiary/aromatic N) is 3. The highest BCUT2D eigenvalue weighted by molar-refractivity contribution is 5.62. The maximum absolute atomic E-state index is 8.75. The number of anilines is 2. The Morgan fingerprint density at radius 2 is 2.24 bits per heavy atom. The molecule has 1 aromatic heterocycles. The van der Waals surface area contributed by atoms with Gasteiger partial charge in [-0.1, -0.05) is 0 Å². The summed E-state index contributed by atoms with van der Waals surface area (Å²) >= 11 is 0. The number of hydrogen-bond acceptors (Lipinski definition) is 5. The van der Waals surface area contributed by atoms with Crippen LogP contribution >= 0.6 is 0 Å². The number of hydrogen-bond donors (Lipinski definition) is 2. The summed E-state index contributed by atoms with van der Waals surface area (Å²) in [5, 5.41) is 19.6. The van der Waals surface area contributed by atoms with E-state index in [-0.39, 0.29) is 0 Å². The van der Waals surface area contributed by atoms with Gasteiger partial charge in [-0.15, -0.1) is 0 Å². The van der Waals surface area contributed by atoms with Crippen molar-refractivity contribution >= 4 is 11.4 Å². The molecule has 84 valence electrons. The van der Waals surface area contributed by atoms with Gasteiger partial charge in [-0.2, -0.15) is 15.5 Å². The number of nitriles is 1. The minimum Gasteiger partial charge on any atom is -0.398 e. The summed E-state index contributed by atoms with van der Waals surface area (Å²) in [5.41, 5.74) is 8.36. The smallest absolute Gasteiger partial charge is 0.101 e. The van der Waals surface area contributed by atoms with Crippen LogP contribution in [-0.2, 0) is 6.54 Å². The first-order valence-electron chi connectivity index (χ1n) is 5.09. The van der Waals surface area contributed by atoms with Gasteiger partial charge in [0.15, 0.2) is 0 Å². The van der Waals surface area contributed by atoms with Crippen LogP contribution in [0.5, 0.6) is 0 Å². The lowest BCUT2D eigenvalue weighted by Crippen LogP contribution is -2.03. The second-order valence-electron chi connectivity index (χ2n) is 3.48. The van der Waals surface area contributed by atoms with Crippen LogP contribution in [0.1, 0.15) is 11.3 Å². The molecule has 0 amide bonds. The van der Waals surface area contributed by atoms with Gasteiger partial charge < -0.3 is 11.1 Å². The minimum atomic E-state index is 0.469. The molecule has 1 aromatic carbocycles. The van der Waals surface area contributed by atoms with Gasteiger partial charge in [-0.05, 0) is 30.3 Å². The fraction of sp³-hybridized carbons (Fsp3) is 0.0833. The number of nitrogens with one attached hydrogen (secondary N) is 1. The molecule has 0 saturated heterocycles. The second kappa shape index (κ2) is 4.94. The lowest BCUT2D eigenvalue weighted by Gasteiger charge is -2.06. The maximum Gasteiger partial charge on any atom is 0.101 e. The van der Waals surface area contributed by atoms with Crippen LogP contribution in [0.15, 0.2) is 36.5 Å². The van der Waals surface area contributed by atoms with Crippen molar-refractivity contribution in [3.8, 4) is 6.07 Å². The molecule has 0 aliphatic rings. The van der Waals surface area contributed by atoms with Gasteiger partial charge in [-0.25, -0.2) is 0 Å². The Labute approximate surface area is 98.9 Å². The maximum atomic E-state index is 8.75. The van der Waals surface area contributed by atoms with Gasteiger partial charge in [0.25, 0.3) is 0 Å². The first-order chi connectivity index (χ1) is 8.29. The van der Waals surface area contributed by atoms with Crippen LogP contribution in [0, 0.1) is 11.3 Å². The average Bonchev–Trinajstić information content (AvgIpc) is 2.38. The predicted molar refractivity (Wildman–Crippen MR) is 64.9 cm³/mol. The zero-order valence-corrected chi connectivity index (χ0v) is 9.09. The number of benzene rings is 1. The Morgan fingerprint density at radius 1 is 1.35 bits per heavy atom. The highest BCUT2D eigenvalue weighted by Crippen LogP contribution is 2.17. The topological polar surface area (TPSA) is 87.6 Å². The van der Waals surface area contributed by atoms with E-state index in [1.807, 2.05) is 24.3 Å². The molecule has 0 aliphatic heterocycles. The van der Waals surface area contributed by atoms with Crippen molar-refractivity contribution < 1.29 is 0 Å². The van der Waals surface area contributed by atoms with Gasteiger partial charge in [0.1, 0.15) is 6.07 Å². The molecule has 3 N–H and O–H groups in total. The zero-order valence-electron chi connectivity index (χ0n) is 9.09. The molecular weight excluding hydrogens is 214 g/mol. The third-order valence-electron chi connectivity index (χ3n) is 2.27. The van der Waals surface area contributed by atoms with Crippen LogP contribution in [-0.4, -0.2) is 10.2 Å². The minimum absolute atomic E-state index is 0.469. The quantitative estimate of drug-likeness (QED) is 0.773. The second-order valence-corrected chi connectivity index (χ2v) is 3.48. The van der Waals surface area contributed by atoms with E-state index in [0.717, 1.165) is 11.4 Å². The SMILES string of the molecule is N#Cc1ccc(NCc2cccnn2)cc1N. The molecule has 2 aromatic rings. The van der Waals surface area contributed by atoms with Crippen molar-refractivity contribution in [2.45, 2.75) is 6.54 Å². The number of nitrogen functional groups attached to an aromatic ring is 1. The van der Waals surface area contributed by atoms with Crippen molar-refractivity contribution in [1.82, 2.24) is 10.2 Å². The van der Waals surface area contributed by atoms with E-state index in [1.54, 1.807) is 18.3 Å². The van der Waals surface area contributed by atoms with E-state index in [1.165, 1.54) is 0 Å². The molecule has 0 fully saturated rings. The molecule has 1 heterocycles. The molecule has 0 atom stereocenters. The third-order valence-corrected chi connectivity index (χ3v) is 2.27. The first-order valence-corrected chi connectivity index (χ1v) is 5.09. The fourth-order valence-corrected chi connectivity index (χ4v) is 1.39.